The summed E-state index contributed by atoms with van der Waals surface area (Å²) in [6, 6.07) is 7.94. The third kappa shape index (κ3) is 4.83. The molecule has 0 radical (unpaired) electrons. The van der Waals surface area contributed by atoms with Gasteiger partial charge in [0, 0.05) is 54.1 Å². The van der Waals surface area contributed by atoms with E-state index in [0.717, 1.165) is 45.8 Å². The number of fused-ring (bicyclic) bond motifs is 1. The van der Waals surface area contributed by atoms with Crippen molar-refractivity contribution >= 4 is 11.9 Å². The van der Waals surface area contributed by atoms with Crippen molar-refractivity contribution in [3.8, 4) is 22.5 Å². The smallest absolute Gasteiger partial charge is 0.475 e. The van der Waals surface area contributed by atoms with Crippen molar-refractivity contribution < 1.29 is 27.9 Å². The van der Waals surface area contributed by atoms with Gasteiger partial charge in [-0.25, -0.2) is 4.79 Å². The van der Waals surface area contributed by atoms with Gasteiger partial charge >= 0.3 is 12.1 Å². The van der Waals surface area contributed by atoms with Gasteiger partial charge in [0.25, 0.3) is 5.91 Å². The highest BCUT2D eigenvalue weighted by atomic mass is 19.4. The normalized spacial score (nSPS) is 13.0. The number of carboxylic acids is 1. The van der Waals surface area contributed by atoms with Gasteiger partial charge in [0.05, 0.1) is 11.3 Å². The molecule has 0 saturated carbocycles. The average molecular weight is 418 g/mol. The van der Waals surface area contributed by atoms with Crippen LogP contribution in [0.1, 0.15) is 21.6 Å². The lowest BCUT2D eigenvalue weighted by atomic mass is 10.1. The number of alkyl halides is 3. The number of hydrogen-bond acceptors (Lipinski definition) is 4. The summed E-state index contributed by atoms with van der Waals surface area (Å²) < 4.78 is 31.7. The molecule has 0 fully saturated rings. The molecule has 0 atom stereocenters. The van der Waals surface area contributed by atoms with Crippen LogP contribution < -0.4 is 5.32 Å². The van der Waals surface area contributed by atoms with Crippen molar-refractivity contribution in [1.29, 1.82) is 0 Å². The molecule has 3 aromatic heterocycles. The van der Waals surface area contributed by atoms with Crippen LogP contribution in [0, 0.1) is 6.92 Å². The number of pyridine rings is 2. The van der Waals surface area contributed by atoms with Crippen molar-refractivity contribution in [2.45, 2.75) is 19.5 Å². The summed E-state index contributed by atoms with van der Waals surface area (Å²) in [4.78, 5) is 32.8. The Morgan fingerprint density at radius 1 is 1.17 bits per heavy atom. The number of carbonyl (C=O) groups excluding carboxylic acids is 1. The van der Waals surface area contributed by atoms with Crippen LogP contribution in [0.2, 0.25) is 0 Å². The number of aryl methyl sites for hydroxylation is 1. The largest absolute Gasteiger partial charge is 0.490 e. The number of aliphatic carboxylic acids is 1. The summed E-state index contributed by atoms with van der Waals surface area (Å²) in [5.41, 5.74) is 6.65. The minimum atomic E-state index is -5.08. The maximum absolute atomic E-state index is 11.9. The first kappa shape index (κ1) is 21.0. The van der Waals surface area contributed by atoms with Gasteiger partial charge in [-0.3, -0.25) is 14.8 Å². The summed E-state index contributed by atoms with van der Waals surface area (Å²) in [5.74, 6) is -2.77. The standard InChI is InChI=1S/C18H16N4O.C2HF3O2/c1-11-6-13(10-19-9-11)16-7-12(2-4-20-16)17-8-14-15(22-17)3-5-21-18(14)23;3-2(4,5)1(6)7/h2,4,6-10,22H,3,5H2,1H3,(H,21,23);(H,6,7). The second-order valence-electron chi connectivity index (χ2n) is 6.56. The number of hydrogen-bond donors (Lipinski definition) is 3. The van der Waals surface area contributed by atoms with Crippen LogP contribution >= 0.6 is 0 Å². The van der Waals surface area contributed by atoms with Crippen LogP contribution in [0.15, 0.2) is 42.9 Å². The number of nitrogens with zero attached hydrogens (tertiary/aromatic N) is 2. The Balaban J connectivity index is 0.000000318. The second kappa shape index (κ2) is 8.36. The van der Waals surface area contributed by atoms with Gasteiger partial charge in [-0.05, 0) is 36.8 Å². The van der Waals surface area contributed by atoms with Gasteiger partial charge in [0.15, 0.2) is 0 Å². The lowest BCUT2D eigenvalue weighted by molar-refractivity contribution is -0.192. The molecule has 30 heavy (non-hydrogen) atoms. The van der Waals surface area contributed by atoms with Crippen molar-refractivity contribution in [2.75, 3.05) is 6.54 Å². The van der Waals surface area contributed by atoms with Gasteiger partial charge in [-0.2, -0.15) is 13.2 Å². The molecule has 3 N–H and O–H groups in total. The highest BCUT2D eigenvalue weighted by Gasteiger charge is 2.38. The van der Waals surface area contributed by atoms with Crippen LogP contribution in [0.4, 0.5) is 13.2 Å². The molecule has 4 heterocycles. The number of nitrogens with one attached hydrogen (secondary N) is 2. The Kier molecular flexibility index (Phi) is 5.86. The first-order valence-corrected chi connectivity index (χ1v) is 8.84. The van der Waals surface area contributed by atoms with Gasteiger partial charge in [0.2, 0.25) is 0 Å². The molecule has 1 aliphatic rings. The lowest BCUT2D eigenvalue weighted by Gasteiger charge is -2.10. The molecule has 1 aliphatic heterocycles. The molecule has 0 unspecified atom stereocenters. The number of carboxylic acid groups (broad SMARTS) is 1. The van der Waals surface area contributed by atoms with E-state index in [9.17, 15) is 18.0 Å². The van der Waals surface area contributed by atoms with E-state index in [1.54, 1.807) is 6.20 Å². The number of carbonyl (C=O) groups is 2. The lowest BCUT2D eigenvalue weighted by Crippen LogP contribution is -2.31. The maximum atomic E-state index is 11.9. The van der Waals surface area contributed by atoms with E-state index in [4.69, 9.17) is 9.90 Å². The highest BCUT2D eigenvalue weighted by Crippen LogP contribution is 2.27. The zero-order chi connectivity index (χ0) is 21.9. The van der Waals surface area contributed by atoms with E-state index in [1.807, 2.05) is 37.5 Å². The number of rotatable bonds is 2. The molecular formula is C20H17F3N4O3. The first-order chi connectivity index (χ1) is 14.1. The van der Waals surface area contributed by atoms with Crippen LogP contribution in [0.5, 0.6) is 0 Å². The molecule has 7 nitrogen and oxygen atoms in total. The molecule has 156 valence electrons. The van der Waals surface area contributed by atoms with E-state index >= 15 is 0 Å². The Bertz CT molecular complexity index is 1090. The fourth-order valence-corrected chi connectivity index (χ4v) is 2.90. The summed E-state index contributed by atoms with van der Waals surface area (Å²) >= 11 is 0. The average Bonchev–Trinajstić information content (AvgIpc) is 3.14. The topological polar surface area (TPSA) is 108 Å². The Morgan fingerprint density at radius 3 is 2.53 bits per heavy atom. The van der Waals surface area contributed by atoms with Crippen molar-refractivity contribution in [2.24, 2.45) is 0 Å². The Hall–Kier alpha value is -3.69. The van der Waals surface area contributed by atoms with E-state index in [0.29, 0.717) is 6.54 Å². The third-order valence-electron chi connectivity index (χ3n) is 4.29. The predicted octanol–water partition coefficient (Wildman–Crippen LogP) is 3.37. The molecule has 4 rings (SSSR count). The van der Waals surface area contributed by atoms with Crippen molar-refractivity contribution in [1.82, 2.24) is 20.3 Å². The molecule has 3 aromatic rings. The minimum Gasteiger partial charge on any atom is -0.475 e. The second-order valence-corrected chi connectivity index (χ2v) is 6.56. The number of aromatic amines is 1. The summed E-state index contributed by atoms with van der Waals surface area (Å²) in [7, 11) is 0. The van der Waals surface area contributed by atoms with E-state index in [-0.39, 0.29) is 5.91 Å². The summed E-state index contributed by atoms with van der Waals surface area (Å²) in [6.45, 7) is 2.69. The van der Waals surface area contributed by atoms with Crippen LogP contribution in [-0.4, -0.2) is 44.7 Å². The fraction of sp³-hybridized carbons (Fsp3) is 0.200. The quantitative estimate of drug-likeness (QED) is 0.592. The zero-order valence-electron chi connectivity index (χ0n) is 15.7. The van der Waals surface area contributed by atoms with Gasteiger partial charge in [0.1, 0.15) is 0 Å². The third-order valence-corrected chi connectivity index (χ3v) is 4.29. The Morgan fingerprint density at radius 2 is 1.90 bits per heavy atom. The first-order valence-electron chi connectivity index (χ1n) is 8.84. The number of aromatic nitrogens is 3. The van der Waals surface area contributed by atoms with Crippen LogP contribution in [0.3, 0.4) is 0 Å². The van der Waals surface area contributed by atoms with Crippen molar-refractivity contribution in [3.05, 3.63) is 59.7 Å². The highest BCUT2D eigenvalue weighted by molar-refractivity contribution is 5.97. The predicted molar refractivity (Wildman–Crippen MR) is 102 cm³/mol. The molecule has 0 spiro atoms. The summed E-state index contributed by atoms with van der Waals surface area (Å²) in [5, 5.41) is 9.99. The SMILES string of the molecule is Cc1cncc(-c2cc(-c3cc4c([nH]3)CCNC4=O)ccn2)c1.O=C(O)C(F)(F)F. The van der Waals surface area contributed by atoms with Gasteiger partial charge in [-0.1, -0.05) is 0 Å². The fourth-order valence-electron chi connectivity index (χ4n) is 2.90. The number of H-pyrrole nitrogens is 1. The number of amides is 1. The monoisotopic (exact) mass is 418 g/mol. The number of halogens is 3. The molecular weight excluding hydrogens is 401 g/mol. The zero-order valence-corrected chi connectivity index (χ0v) is 15.7. The van der Waals surface area contributed by atoms with Crippen LogP contribution in [0.25, 0.3) is 22.5 Å². The molecule has 0 saturated heterocycles. The molecule has 0 bridgehead atoms. The molecule has 10 heteroatoms. The molecule has 0 aromatic carbocycles. The Labute approximate surface area is 169 Å². The van der Waals surface area contributed by atoms with Crippen molar-refractivity contribution in [3.63, 3.8) is 0 Å². The van der Waals surface area contributed by atoms with Crippen LogP contribution in [-0.2, 0) is 11.2 Å². The van der Waals surface area contributed by atoms with E-state index in [1.165, 1.54) is 0 Å². The van der Waals surface area contributed by atoms with E-state index in [2.05, 4.69) is 26.3 Å². The van der Waals surface area contributed by atoms with E-state index < -0.39 is 12.1 Å². The maximum Gasteiger partial charge on any atom is 0.490 e. The molecule has 1 amide bonds. The molecule has 0 aliphatic carbocycles. The van der Waals surface area contributed by atoms with Gasteiger partial charge in [-0.15, -0.1) is 0 Å². The summed E-state index contributed by atoms with van der Waals surface area (Å²) in [6.07, 6.45) is 1.17. The minimum absolute atomic E-state index is 0.00841. The van der Waals surface area contributed by atoms with Gasteiger partial charge < -0.3 is 15.4 Å².